The quantitative estimate of drug-likeness (QED) is 0.829. The average molecular weight is 356 g/mol. The van der Waals surface area contributed by atoms with Gasteiger partial charge in [0.15, 0.2) is 0 Å². The topological polar surface area (TPSA) is 59.4 Å². The van der Waals surface area contributed by atoms with Gasteiger partial charge in [-0.2, -0.15) is 0 Å². The van der Waals surface area contributed by atoms with Crippen molar-refractivity contribution < 1.29 is 9.53 Å². The third kappa shape index (κ3) is 4.64. The van der Waals surface area contributed by atoms with E-state index in [1.165, 1.54) is 11.1 Å². The zero-order chi connectivity index (χ0) is 18.4. The van der Waals surface area contributed by atoms with E-state index in [-0.39, 0.29) is 12.1 Å². The zero-order valence-corrected chi connectivity index (χ0v) is 15.6. The zero-order valence-electron chi connectivity index (χ0n) is 15.6. The largest absolute Gasteiger partial charge is 0.376 e. The lowest BCUT2D eigenvalue weighted by molar-refractivity contribution is 0.0793. The molecule has 26 heavy (non-hydrogen) atoms. The van der Waals surface area contributed by atoms with Crippen LogP contribution < -0.4 is 5.32 Å². The lowest BCUT2D eigenvalue weighted by Gasteiger charge is -2.26. The first-order valence-electron chi connectivity index (χ1n) is 9.35. The van der Waals surface area contributed by atoms with Crippen LogP contribution in [0.5, 0.6) is 0 Å². The number of carbonyl (C=O) groups is 1. The van der Waals surface area contributed by atoms with Gasteiger partial charge in [0.25, 0.3) is 0 Å². The van der Waals surface area contributed by atoms with Crippen molar-refractivity contribution in [3.8, 4) is 0 Å². The number of aromatic nitrogens is 2. The third-order valence-corrected chi connectivity index (χ3v) is 4.92. The molecule has 0 saturated carbocycles. The molecule has 0 unspecified atom stereocenters. The Morgan fingerprint density at radius 1 is 1.42 bits per heavy atom. The van der Waals surface area contributed by atoms with E-state index in [1.54, 1.807) is 12.5 Å². The summed E-state index contributed by atoms with van der Waals surface area (Å²) in [5, 5.41) is 3.04. The molecule has 1 N–H and O–H groups in total. The highest BCUT2D eigenvalue weighted by molar-refractivity contribution is 5.74. The second kappa shape index (κ2) is 8.85. The van der Waals surface area contributed by atoms with Crippen LogP contribution in [-0.2, 0) is 24.4 Å². The molecule has 0 radical (unpaired) electrons. The Morgan fingerprint density at radius 3 is 3.00 bits per heavy atom. The standard InChI is InChI=1S/C20H28N4O2/c1-3-23-15-21-11-18(23)12-22-20(25)24(14-19-9-6-10-26-19)13-17-8-5-4-7-16(17)2/h4-5,7-8,11,15,19H,3,6,9-10,12-14H2,1-2H3,(H,22,25)/t19-/m0/s1. The van der Waals surface area contributed by atoms with Gasteiger partial charge >= 0.3 is 6.03 Å². The number of nitrogens with zero attached hydrogens (tertiary/aromatic N) is 3. The fraction of sp³-hybridized carbons (Fsp3) is 0.500. The van der Waals surface area contributed by atoms with E-state index in [0.717, 1.165) is 31.7 Å². The molecule has 0 spiro atoms. The summed E-state index contributed by atoms with van der Waals surface area (Å²) in [4.78, 5) is 18.9. The summed E-state index contributed by atoms with van der Waals surface area (Å²) in [6.45, 7) is 7.46. The Balaban J connectivity index is 1.67. The third-order valence-electron chi connectivity index (χ3n) is 4.92. The number of hydrogen-bond donors (Lipinski definition) is 1. The van der Waals surface area contributed by atoms with Gasteiger partial charge in [-0.25, -0.2) is 9.78 Å². The molecule has 1 aliphatic heterocycles. The van der Waals surface area contributed by atoms with Gasteiger partial charge in [0.1, 0.15) is 0 Å². The van der Waals surface area contributed by atoms with E-state index < -0.39 is 0 Å². The maximum absolute atomic E-state index is 12.9. The predicted molar refractivity (Wildman–Crippen MR) is 101 cm³/mol. The van der Waals surface area contributed by atoms with Crippen molar-refractivity contribution in [2.45, 2.75) is 52.4 Å². The molecule has 0 bridgehead atoms. The normalized spacial score (nSPS) is 16.6. The average Bonchev–Trinajstić information content (AvgIpc) is 3.32. The van der Waals surface area contributed by atoms with Crippen LogP contribution in [0.15, 0.2) is 36.8 Å². The Morgan fingerprint density at radius 2 is 2.27 bits per heavy atom. The van der Waals surface area contributed by atoms with Gasteiger partial charge < -0.3 is 19.5 Å². The molecule has 1 aromatic carbocycles. The molecule has 2 aromatic rings. The van der Waals surface area contributed by atoms with Crippen molar-refractivity contribution in [1.82, 2.24) is 19.8 Å². The summed E-state index contributed by atoms with van der Waals surface area (Å²) in [6.07, 6.45) is 5.81. The summed E-state index contributed by atoms with van der Waals surface area (Å²) in [7, 11) is 0. The molecule has 6 nitrogen and oxygen atoms in total. The minimum atomic E-state index is -0.0624. The summed E-state index contributed by atoms with van der Waals surface area (Å²) >= 11 is 0. The van der Waals surface area contributed by atoms with Crippen molar-refractivity contribution >= 4 is 6.03 Å². The summed E-state index contributed by atoms with van der Waals surface area (Å²) in [5.41, 5.74) is 3.37. The molecular formula is C20H28N4O2. The van der Waals surface area contributed by atoms with Crippen LogP contribution >= 0.6 is 0 Å². The van der Waals surface area contributed by atoms with Crippen LogP contribution in [0.25, 0.3) is 0 Å². The lowest BCUT2D eigenvalue weighted by Crippen LogP contribution is -2.43. The molecule has 1 aliphatic rings. The van der Waals surface area contributed by atoms with Gasteiger partial charge in [0.05, 0.1) is 24.7 Å². The van der Waals surface area contributed by atoms with Crippen LogP contribution in [0.2, 0.25) is 0 Å². The first-order valence-corrected chi connectivity index (χ1v) is 9.35. The smallest absolute Gasteiger partial charge is 0.318 e. The van der Waals surface area contributed by atoms with Gasteiger partial charge in [0, 0.05) is 32.4 Å². The number of nitrogens with one attached hydrogen (secondary N) is 1. The van der Waals surface area contributed by atoms with E-state index in [0.29, 0.717) is 19.6 Å². The van der Waals surface area contributed by atoms with Crippen molar-refractivity contribution in [3.05, 3.63) is 53.6 Å². The molecule has 140 valence electrons. The highest BCUT2D eigenvalue weighted by Crippen LogP contribution is 2.17. The first-order chi connectivity index (χ1) is 12.7. The summed E-state index contributed by atoms with van der Waals surface area (Å²) < 4.78 is 7.79. The molecule has 2 amide bonds. The van der Waals surface area contributed by atoms with Crippen molar-refractivity contribution in [2.24, 2.45) is 0 Å². The second-order valence-corrected chi connectivity index (χ2v) is 6.77. The molecule has 1 atom stereocenters. The van der Waals surface area contributed by atoms with E-state index >= 15 is 0 Å². The van der Waals surface area contributed by atoms with Gasteiger partial charge in [0.2, 0.25) is 0 Å². The van der Waals surface area contributed by atoms with E-state index in [9.17, 15) is 4.79 Å². The Kier molecular flexibility index (Phi) is 6.28. The van der Waals surface area contributed by atoms with Crippen molar-refractivity contribution in [2.75, 3.05) is 13.2 Å². The summed E-state index contributed by atoms with van der Waals surface area (Å²) in [6, 6.07) is 8.14. The second-order valence-electron chi connectivity index (χ2n) is 6.77. The van der Waals surface area contributed by atoms with Gasteiger partial charge in [-0.1, -0.05) is 24.3 Å². The number of imidazole rings is 1. The van der Waals surface area contributed by atoms with Gasteiger partial charge in [-0.15, -0.1) is 0 Å². The highest BCUT2D eigenvalue weighted by Gasteiger charge is 2.23. The summed E-state index contributed by atoms with van der Waals surface area (Å²) in [5.74, 6) is 0. The van der Waals surface area contributed by atoms with Crippen molar-refractivity contribution in [3.63, 3.8) is 0 Å². The number of amides is 2. The monoisotopic (exact) mass is 356 g/mol. The minimum absolute atomic E-state index is 0.0624. The number of benzene rings is 1. The van der Waals surface area contributed by atoms with Crippen LogP contribution in [0.1, 0.15) is 36.6 Å². The minimum Gasteiger partial charge on any atom is -0.376 e. The molecule has 1 saturated heterocycles. The fourth-order valence-electron chi connectivity index (χ4n) is 3.30. The van der Waals surface area contributed by atoms with Crippen LogP contribution in [0.3, 0.4) is 0 Å². The molecule has 6 heteroatoms. The van der Waals surface area contributed by atoms with Crippen LogP contribution in [-0.4, -0.2) is 39.7 Å². The van der Waals surface area contributed by atoms with Crippen LogP contribution in [0.4, 0.5) is 4.79 Å². The molecule has 1 fully saturated rings. The number of ether oxygens (including phenoxy) is 1. The maximum atomic E-state index is 12.9. The Labute approximate surface area is 155 Å². The fourth-order valence-corrected chi connectivity index (χ4v) is 3.30. The highest BCUT2D eigenvalue weighted by atomic mass is 16.5. The molecule has 3 rings (SSSR count). The predicted octanol–water partition coefficient (Wildman–Crippen LogP) is 3.10. The number of hydrogen-bond acceptors (Lipinski definition) is 3. The van der Waals surface area contributed by atoms with Crippen LogP contribution in [0, 0.1) is 6.92 Å². The number of aryl methyl sites for hydroxylation is 2. The number of urea groups is 1. The van der Waals surface area contributed by atoms with Crippen molar-refractivity contribution in [1.29, 1.82) is 0 Å². The number of carbonyl (C=O) groups excluding carboxylic acids is 1. The Hall–Kier alpha value is -2.34. The molecule has 1 aromatic heterocycles. The molecule has 2 heterocycles. The number of rotatable bonds is 7. The van der Waals surface area contributed by atoms with Gasteiger partial charge in [-0.05, 0) is 37.8 Å². The van der Waals surface area contributed by atoms with E-state index in [2.05, 4.69) is 36.3 Å². The van der Waals surface area contributed by atoms with E-state index in [4.69, 9.17) is 4.74 Å². The Bertz CT molecular complexity index is 722. The molecular weight excluding hydrogens is 328 g/mol. The lowest BCUT2D eigenvalue weighted by atomic mass is 10.1. The van der Waals surface area contributed by atoms with Gasteiger partial charge in [-0.3, -0.25) is 0 Å². The first kappa shape index (κ1) is 18.5. The molecule has 0 aliphatic carbocycles. The van der Waals surface area contributed by atoms with E-state index in [1.807, 2.05) is 21.6 Å². The maximum Gasteiger partial charge on any atom is 0.318 e. The SMILES string of the molecule is CCn1cncc1CNC(=O)N(Cc1ccccc1C)C[C@@H]1CCCO1.